The van der Waals surface area contributed by atoms with E-state index in [0.717, 1.165) is 13.0 Å². The number of amides is 1. The third-order valence-corrected chi connectivity index (χ3v) is 2.63. The molecular weight excluding hydrogens is 254 g/mol. The van der Waals surface area contributed by atoms with Crippen LogP contribution in [0.25, 0.3) is 0 Å². The van der Waals surface area contributed by atoms with Gasteiger partial charge in [-0.05, 0) is 31.2 Å². The molecular formula is C10H11Cl2FN2O. The number of anilines is 1. The number of nitrogens with one attached hydrogen (secondary N) is 2. The molecule has 1 aromatic rings. The maximum atomic E-state index is 13.0. The van der Waals surface area contributed by atoms with Gasteiger partial charge in [-0.25, -0.2) is 4.39 Å². The number of rotatable bonds is 2. The van der Waals surface area contributed by atoms with Crippen molar-refractivity contribution >= 4 is 35.6 Å². The zero-order valence-corrected chi connectivity index (χ0v) is 9.87. The number of benzene rings is 1. The summed E-state index contributed by atoms with van der Waals surface area (Å²) in [5, 5.41) is 5.62. The average molecular weight is 265 g/mol. The highest BCUT2D eigenvalue weighted by Crippen LogP contribution is 2.19. The summed E-state index contributed by atoms with van der Waals surface area (Å²) in [5.41, 5.74) is 0.426. The molecule has 2 rings (SSSR count). The first-order valence-electron chi connectivity index (χ1n) is 4.66. The molecule has 1 saturated heterocycles. The highest BCUT2D eigenvalue weighted by atomic mass is 35.5. The highest BCUT2D eigenvalue weighted by Gasteiger charge is 2.24. The number of carbonyl (C=O) groups excluding carboxylic acids is 1. The quantitative estimate of drug-likeness (QED) is 0.860. The van der Waals surface area contributed by atoms with Gasteiger partial charge in [0, 0.05) is 5.69 Å². The van der Waals surface area contributed by atoms with Gasteiger partial charge in [0.15, 0.2) is 0 Å². The lowest BCUT2D eigenvalue weighted by atomic mass is 10.1. The zero-order chi connectivity index (χ0) is 10.8. The molecule has 0 saturated carbocycles. The second-order valence-corrected chi connectivity index (χ2v) is 3.82. The van der Waals surface area contributed by atoms with Crippen molar-refractivity contribution in [3.63, 3.8) is 0 Å². The molecule has 1 fully saturated rings. The second-order valence-electron chi connectivity index (χ2n) is 3.41. The summed E-state index contributed by atoms with van der Waals surface area (Å²) in [6.07, 6.45) is 0.821. The average Bonchev–Trinajstić information content (AvgIpc) is 2.08. The summed E-state index contributed by atoms with van der Waals surface area (Å²) in [5.74, 6) is -0.668. The lowest BCUT2D eigenvalue weighted by molar-refractivity contribution is -0.119. The fourth-order valence-corrected chi connectivity index (χ4v) is 1.43. The molecule has 0 aromatic heterocycles. The van der Waals surface area contributed by atoms with Crippen molar-refractivity contribution in [3.05, 3.63) is 29.0 Å². The molecule has 0 spiro atoms. The van der Waals surface area contributed by atoms with Crippen molar-refractivity contribution in [3.8, 4) is 0 Å². The lowest BCUT2D eigenvalue weighted by Gasteiger charge is -2.26. The van der Waals surface area contributed by atoms with Crippen molar-refractivity contribution in [1.29, 1.82) is 0 Å². The summed E-state index contributed by atoms with van der Waals surface area (Å²) in [4.78, 5) is 11.5. The lowest BCUT2D eigenvalue weighted by Crippen LogP contribution is -2.50. The van der Waals surface area contributed by atoms with Crippen molar-refractivity contribution in [2.45, 2.75) is 12.5 Å². The molecule has 1 atom stereocenters. The normalized spacial score (nSPS) is 18.2. The fraction of sp³-hybridized carbons (Fsp3) is 0.300. The Morgan fingerprint density at radius 3 is 2.75 bits per heavy atom. The number of hydrogen-bond acceptors (Lipinski definition) is 2. The van der Waals surface area contributed by atoms with E-state index in [-0.39, 0.29) is 29.4 Å². The molecule has 0 unspecified atom stereocenters. The third-order valence-electron chi connectivity index (χ3n) is 2.33. The Morgan fingerprint density at radius 2 is 2.25 bits per heavy atom. The van der Waals surface area contributed by atoms with Gasteiger partial charge in [0.1, 0.15) is 5.82 Å². The van der Waals surface area contributed by atoms with Crippen molar-refractivity contribution in [1.82, 2.24) is 5.32 Å². The van der Waals surface area contributed by atoms with E-state index < -0.39 is 5.82 Å². The highest BCUT2D eigenvalue weighted by molar-refractivity contribution is 6.30. The van der Waals surface area contributed by atoms with E-state index >= 15 is 0 Å². The summed E-state index contributed by atoms with van der Waals surface area (Å²) < 4.78 is 13.0. The number of hydrogen-bond donors (Lipinski definition) is 2. The van der Waals surface area contributed by atoms with Crippen LogP contribution in [0.1, 0.15) is 6.42 Å². The third kappa shape index (κ3) is 2.84. The monoisotopic (exact) mass is 264 g/mol. The molecule has 0 aliphatic carbocycles. The first kappa shape index (κ1) is 13.2. The Morgan fingerprint density at radius 1 is 1.56 bits per heavy atom. The molecule has 3 nitrogen and oxygen atoms in total. The zero-order valence-electron chi connectivity index (χ0n) is 8.30. The maximum absolute atomic E-state index is 13.0. The van der Waals surface area contributed by atoms with Crippen molar-refractivity contribution in [2.75, 3.05) is 11.9 Å². The molecule has 1 aromatic carbocycles. The van der Waals surface area contributed by atoms with Crippen LogP contribution in [-0.4, -0.2) is 18.5 Å². The van der Waals surface area contributed by atoms with Crippen LogP contribution in [0.5, 0.6) is 0 Å². The molecule has 1 aliphatic heterocycles. The summed E-state index contributed by atoms with van der Waals surface area (Å²) in [7, 11) is 0. The van der Waals surface area contributed by atoms with E-state index in [1.807, 2.05) is 0 Å². The van der Waals surface area contributed by atoms with Crippen molar-refractivity contribution < 1.29 is 9.18 Å². The molecule has 2 N–H and O–H groups in total. The largest absolute Gasteiger partial charge is 0.325 e. The predicted molar refractivity (Wildman–Crippen MR) is 63.7 cm³/mol. The van der Waals surface area contributed by atoms with E-state index in [1.165, 1.54) is 12.1 Å². The van der Waals surface area contributed by atoms with E-state index in [1.54, 1.807) is 6.07 Å². The summed E-state index contributed by atoms with van der Waals surface area (Å²) in [6, 6.07) is 4.05. The molecule has 88 valence electrons. The Bertz CT molecular complexity index is 396. The van der Waals surface area contributed by atoms with Gasteiger partial charge in [0.2, 0.25) is 5.91 Å². The van der Waals surface area contributed by atoms with E-state index in [2.05, 4.69) is 10.6 Å². The number of halogens is 3. The van der Waals surface area contributed by atoms with Gasteiger partial charge in [0.25, 0.3) is 0 Å². The summed E-state index contributed by atoms with van der Waals surface area (Å²) in [6.45, 7) is 0.854. The van der Waals surface area contributed by atoms with Crippen LogP contribution in [0.3, 0.4) is 0 Å². The first-order chi connectivity index (χ1) is 7.16. The first-order valence-corrected chi connectivity index (χ1v) is 5.04. The van der Waals surface area contributed by atoms with Gasteiger partial charge in [-0.2, -0.15) is 0 Å². The van der Waals surface area contributed by atoms with Crippen LogP contribution in [-0.2, 0) is 4.79 Å². The Hall–Kier alpha value is -0.840. The molecule has 0 radical (unpaired) electrons. The smallest absolute Gasteiger partial charge is 0.241 e. The maximum Gasteiger partial charge on any atom is 0.241 e. The van der Waals surface area contributed by atoms with Crippen LogP contribution < -0.4 is 10.6 Å². The van der Waals surface area contributed by atoms with Crippen LogP contribution in [0.2, 0.25) is 5.02 Å². The van der Waals surface area contributed by atoms with Gasteiger partial charge in [-0.1, -0.05) is 11.6 Å². The predicted octanol–water partition coefficient (Wildman–Crippen LogP) is 2.20. The van der Waals surface area contributed by atoms with E-state index in [9.17, 15) is 9.18 Å². The second kappa shape index (κ2) is 5.48. The Labute approximate surface area is 104 Å². The molecule has 16 heavy (non-hydrogen) atoms. The number of carbonyl (C=O) groups is 1. The topological polar surface area (TPSA) is 41.1 Å². The molecule has 1 aliphatic rings. The van der Waals surface area contributed by atoms with Crippen molar-refractivity contribution in [2.24, 2.45) is 0 Å². The Kier molecular flexibility index (Phi) is 4.53. The van der Waals surface area contributed by atoms with Gasteiger partial charge >= 0.3 is 0 Å². The van der Waals surface area contributed by atoms with Crippen LogP contribution in [0.4, 0.5) is 10.1 Å². The van der Waals surface area contributed by atoms with Crippen LogP contribution >= 0.6 is 24.0 Å². The molecule has 1 heterocycles. The van der Waals surface area contributed by atoms with E-state index in [0.29, 0.717) is 5.69 Å². The minimum Gasteiger partial charge on any atom is -0.325 e. The minimum absolute atomic E-state index is 0. The molecule has 1 amide bonds. The fourth-order valence-electron chi connectivity index (χ4n) is 1.32. The van der Waals surface area contributed by atoms with Gasteiger partial charge < -0.3 is 10.6 Å². The minimum atomic E-state index is -0.531. The molecule has 0 bridgehead atoms. The standard InChI is InChI=1S/C10H10ClFN2O.ClH/c11-7-2-1-6(5-8(7)12)14-10(15)9-3-4-13-9;/h1-2,5,9,13H,3-4H2,(H,14,15);1H/t9-;/m1./s1. The van der Waals surface area contributed by atoms with Gasteiger partial charge in [0.05, 0.1) is 11.1 Å². The molecule has 6 heteroatoms. The van der Waals surface area contributed by atoms with Gasteiger partial charge in [-0.15, -0.1) is 12.4 Å². The SMILES string of the molecule is Cl.O=C(Nc1ccc(Cl)c(F)c1)[C@H]1CCN1. The van der Waals surface area contributed by atoms with E-state index in [4.69, 9.17) is 11.6 Å². The van der Waals surface area contributed by atoms with Crippen LogP contribution in [0.15, 0.2) is 18.2 Å². The Balaban J connectivity index is 0.00000128. The van der Waals surface area contributed by atoms with Gasteiger partial charge in [-0.3, -0.25) is 4.79 Å². The van der Waals surface area contributed by atoms with Crippen LogP contribution in [0, 0.1) is 5.82 Å². The summed E-state index contributed by atoms with van der Waals surface area (Å²) >= 11 is 5.52.